The third kappa shape index (κ3) is 2.72. The Morgan fingerprint density at radius 2 is 2.58 bits per heavy atom. The summed E-state index contributed by atoms with van der Waals surface area (Å²) in [6.07, 6.45) is 4.75. The fraction of sp³-hybridized carbons (Fsp3) is 0.500. The zero-order valence-electron chi connectivity index (χ0n) is 7.12. The molecule has 0 saturated carbocycles. The molecule has 1 heterocycles. The van der Waals surface area contributed by atoms with Crippen LogP contribution in [0.5, 0.6) is 0 Å². The maximum atomic E-state index is 8.24. The molecule has 1 aromatic rings. The number of aromatic nitrogens is 2. The van der Waals surface area contributed by atoms with E-state index in [1.807, 2.05) is 25.5 Å². The smallest absolute Gasteiger partial charge is 0.0841 e. The van der Waals surface area contributed by atoms with Crippen LogP contribution in [-0.4, -0.2) is 22.9 Å². The lowest BCUT2D eigenvalue weighted by molar-refractivity contribution is 0.745. The highest BCUT2D eigenvalue weighted by Crippen LogP contribution is 1.95. The minimum atomic E-state index is 0.417. The van der Waals surface area contributed by atoms with Crippen LogP contribution in [-0.2, 0) is 13.5 Å². The second kappa shape index (κ2) is 4.52. The van der Waals surface area contributed by atoms with Gasteiger partial charge in [-0.2, -0.15) is 10.4 Å². The summed E-state index contributed by atoms with van der Waals surface area (Å²) in [6.45, 7) is 1.25. The highest BCUT2D eigenvalue weighted by Gasteiger charge is 1.94. The lowest BCUT2D eigenvalue weighted by Crippen LogP contribution is -2.16. The number of hydrogen-bond donors (Lipinski definition) is 1. The fourth-order valence-electron chi connectivity index (χ4n) is 0.978. The van der Waals surface area contributed by atoms with Gasteiger partial charge in [-0.3, -0.25) is 4.68 Å². The van der Waals surface area contributed by atoms with Crippen molar-refractivity contribution in [1.82, 2.24) is 15.1 Å². The topological polar surface area (TPSA) is 53.6 Å². The summed E-state index contributed by atoms with van der Waals surface area (Å²) in [4.78, 5) is 0. The molecule has 0 atom stereocenters. The van der Waals surface area contributed by atoms with E-state index in [-0.39, 0.29) is 0 Å². The average Bonchev–Trinajstić information content (AvgIpc) is 2.45. The maximum absolute atomic E-state index is 8.24. The van der Waals surface area contributed by atoms with E-state index in [9.17, 15) is 0 Å². The van der Waals surface area contributed by atoms with Gasteiger partial charge in [0.2, 0.25) is 0 Å². The SMILES string of the molecule is Cn1cc(CCNCC#N)cn1. The van der Waals surface area contributed by atoms with E-state index in [2.05, 4.69) is 10.4 Å². The van der Waals surface area contributed by atoms with Crippen LogP contribution < -0.4 is 5.32 Å². The second-order valence-electron chi connectivity index (χ2n) is 2.61. The van der Waals surface area contributed by atoms with Gasteiger partial charge in [-0.25, -0.2) is 0 Å². The van der Waals surface area contributed by atoms with Crippen LogP contribution in [0.2, 0.25) is 0 Å². The molecular weight excluding hydrogens is 152 g/mol. The Bertz CT molecular complexity index is 271. The summed E-state index contributed by atoms with van der Waals surface area (Å²) in [5.74, 6) is 0. The Hall–Kier alpha value is -1.34. The quantitative estimate of drug-likeness (QED) is 0.506. The van der Waals surface area contributed by atoms with E-state index in [0.29, 0.717) is 6.54 Å². The van der Waals surface area contributed by atoms with Crippen molar-refractivity contribution in [3.8, 4) is 6.07 Å². The van der Waals surface area contributed by atoms with Gasteiger partial charge in [-0.05, 0) is 12.0 Å². The number of hydrogen-bond acceptors (Lipinski definition) is 3. The second-order valence-corrected chi connectivity index (χ2v) is 2.61. The molecule has 0 aromatic carbocycles. The summed E-state index contributed by atoms with van der Waals surface area (Å²) >= 11 is 0. The van der Waals surface area contributed by atoms with Gasteiger partial charge in [0.25, 0.3) is 0 Å². The molecule has 4 nitrogen and oxygen atoms in total. The first-order chi connectivity index (χ1) is 5.83. The van der Waals surface area contributed by atoms with E-state index in [1.54, 1.807) is 4.68 Å². The zero-order valence-corrected chi connectivity index (χ0v) is 7.12. The summed E-state index contributed by atoms with van der Waals surface area (Å²) in [5.41, 5.74) is 1.20. The molecule has 0 radical (unpaired) electrons. The predicted molar refractivity (Wildman–Crippen MR) is 45.4 cm³/mol. The van der Waals surface area contributed by atoms with Crippen molar-refractivity contribution in [2.45, 2.75) is 6.42 Å². The highest BCUT2D eigenvalue weighted by atomic mass is 15.2. The van der Waals surface area contributed by atoms with Crippen LogP contribution in [0.1, 0.15) is 5.56 Å². The monoisotopic (exact) mass is 164 g/mol. The Labute approximate surface area is 71.8 Å². The molecule has 0 aliphatic rings. The molecule has 0 spiro atoms. The maximum Gasteiger partial charge on any atom is 0.0841 e. The third-order valence-electron chi connectivity index (χ3n) is 1.55. The molecule has 12 heavy (non-hydrogen) atoms. The minimum absolute atomic E-state index is 0.417. The fourth-order valence-corrected chi connectivity index (χ4v) is 0.978. The molecule has 0 amide bonds. The first kappa shape index (κ1) is 8.75. The number of nitriles is 1. The van der Waals surface area contributed by atoms with Gasteiger partial charge < -0.3 is 5.32 Å². The molecule has 0 aliphatic carbocycles. The van der Waals surface area contributed by atoms with E-state index in [4.69, 9.17) is 5.26 Å². The van der Waals surface area contributed by atoms with E-state index in [0.717, 1.165) is 13.0 Å². The van der Waals surface area contributed by atoms with Gasteiger partial charge in [0.15, 0.2) is 0 Å². The van der Waals surface area contributed by atoms with Gasteiger partial charge in [0.05, 0.1) is 18.8 Å². The molecule has 1 N–H and O–H groups in total. The van der Waals surface area contributed by atoms with Gasteiger partial charge in [0.1, 0.15) is 0 Å². The van der Waals surface area contributed by atoms with Gasteiger partial charge in [-0.1, -0.05) is 0 Å². The molecule has 1 rings (SSSR count). The summed E-state index contributed by atoms with van der Waals surface area (Å²) in [7, 11) is 1.90. The molecule has 1 aromatic heterocycles. The van der Waals surface area contributed by atoms with Crippen molar-refractivity contribution in [3.05, 3.63) is 18.0 Å². The molecule has 0 unspecified atom stereocenters. The third-order valence-corrected chi connectivity index (χ3v) is 1.55. The number of nitrogens with one attached hydrogen (secondary N) is 1. The van der Waals surface area contributed by atoms with Crippen molar-refractivity contribution >= 4 is 0 Å². The molecule has 0 aliphatic heterocycles. The van der Waals surface area contributed by atoms with Crippen LogP contribution in [0.25, 0.3) is 0 Å². The van der Waals surface area contributed by atoms with Crippen molar-refractivity contribution in [2.75, 3.05) is 13.1 Å². The van der Waals surface area contributed by atoms with Crippen LogP contribution in [0.4, 0.5) is 0 Å². The lowest BCUT2D eigenvalue weighted by Gasteiger charge is -1.95. The first-order valence-electron chi connectivity index (χ1n) is 3.88. The van der Waals surface area contributed by atoms with Gasteiger partial charge >= 0.3 is 0 Å². The van der Waals surface area contributed by atoms with Gasteiger partial charge in [-0.15, -0.1) is 0 Å². The number of nitrogens with zero attached hydrogens (tertiary/aromatic N) is 3. The van der Waals surface area contributed by atoms with Crippen LogP contribution in [0.3, 0.4) is 0 Å². The normalized spacial score (nSPS) is 9.67. The van der Waals surface area contributed by atoms with E-state index >= 15 is 0 Å². The number of rotatable bonds is 4. The van der Waals surface area contributed by atoms with Crippen molar-refractivity contribution in [1.29, 1.82) is 5.26 Å². The molecule has 0 saturated heterocycles. The van der Waals surface area contributed by atoms with Crippen molar-refractivity contribution in [2.24, 2.45) is 7.05 Å². The zero-order chi connectivity index (χ0) is 8.81. The lowest BCUT2D eigenvalue weighted by atomic mass is 10.2. The summed E-state index contributed by atoms with van der Waals surface area (Å²) in [5, 5.41) is 15.3. The van der Waals surface area contributed by atoms with Gasteiger partial charge in [0, 0.05) is 19.8 Å². The van der Waals surface area contributed by atoms with Crippen LogP contribution in [0.15, 0.2) is 12.4 Å². The van der Waals surface area contributed by atoms with Crippen LogP contribution in [0, 0.1) is 11.3 Å². The Kier molecular flexibility index (Phi) is 3.30. The van der Waals surface area contributed by atoms with Crippen LogP contribution >= 0.6 is 0 Å². The summed E-state index contributed by atoms with van der Waals surface area (Å²) in [6, 6.07) is 2.03. The van der Waals surface area contributed by atoms with Crippen molar-refractivity contribution in [3.63, 3.8) is 0 Å². The predicted octanol–water partition coefficient (Wildman–Crippen LogP) is 0.0758. The molecular formula is C8H12N4. The summed E-state index contributed by atoms with van der Waals surface area (Å²) < 4.78 is 1.78. The molecule has 0 fully saturated rings. The largest absolute Gasteiger partial charge is 0.304 e. The average molecular weight is 164 g/mol. The van der Waals surface area contributed by atoms with E-state index in [1.165, 1.54) is 5.56 Å². The first-order valence-corrected chi connectivity index (χ1v) is 3.88. The molecule has 4 heteroatoms. The molecule has 0 bridgehead atoms. The Morgan fingerprint density at radius 3 is 3.17 bits per heavy atom. The Balaban J connectivity index is 2.21. The van der Waals surface area contributed by atoms with Crippen molar-refractivity contribution < 1.29 is 0 Å². The molecule has 64 valence electrons. The highest BCUT2D eigenvalue weighted by molar-refractivity contribution is 5.03. The van der Waals surface area contributed by atoms with E-state index < -0.39 is 0 Å². The minimum Gasteiger partial charge on any atom is -0.304 e. The Morgan fingerprint density at radius 1 is 1.75 bits per heavy atom. The number of aryl methyl sites for hydroxylation is 1. The standard InChI is InChI=1S/C8H12N4/c1-12-7-8(6-11-12)2-4-10-5-3-9/h6-7,10H,2,4-5H2,1H3.